The van der Waals surface area contributed by atoms with Gasteiger partial charge in [-0.1, -0.05) is 13.3 Å². The molecular weight excluding hydrogens is 141 g/mol. The Kier molecular flexibility index (Phi) is 14.8. The van der Waals surface area contributed by atoms with Gasteiger partial charge in [-0.3, -0.25) is 4.79 Å². The molecule has 3 nitrogen and oxygen atoms in total. The van der Waals surface area contributed by atoms with E-state index in [-0.39, 0.29) is 0 Å². The normalized spacial score (nSPS) is 7.00. The topological polar surface area (TPSA) is 61.1 Å². The molecule has 0 aliphatic rings. The van der Waals surface area contributed by atoms with Crippen molar-refractivity contribution in [1.29, 1.82) is 5.26 Å². The summed E-state index contributed by atoms with van der Waals surface area (Å²) in [6, 6.07) is 0. The van der Waals surface area contributed by atoms with Crippen LogP contribution < -0.4 is 0 Å². The number of nitriles is 1. The average Bonchev–Trinajstić information content (AvgIpc) is 1.85. The first-order valence-corrected chi connectivity index (χ1v) is 4.21. The van der Waals surface area contributed by atoms with Crippen molar-refractivity contribution in [2.45, 2.75) is 26.2 Å². The molecule has 52 valence electrons. The van der Waals surface area contributed by atoms with Gasteiger partial charge in [0.1, 0.15) is 0 Å². The van der Waals surface area contributed by atoms with Crippen LogP contribution in [0.25, 0.3) is 0 Å². The van der Waals surface area contributed by atoms with Gasteiger partial charge in [0.15, 0.2) is 0 Å². The van der Waals surface area contributed by atoms with E-state index in [0.717, 1.165) is 12.8 Å². The first kappa shape index (κ1) is 12.6. The molecule has 0 aliphatic heterocycles. The summed E-state index contributed by atoms with van der Waals surface area (Å²) >= 11 is 0.674. The van der Waals surface area contributed by atoms with Crippen LogP contribution in [0.2, 0.25) is 0 Å². The van der Waals surface area contributed by atoms with Gasteiger partial charge in [0.05, 0.1) is 0 Å². The summed E-state index contributed by atoms with van der Waals surface area (Å²) in [6.45, 7) is 1.98. The molecule has 0 heterocycles. The molecule has 0 aliphatic carbocycles. The van der Waals surface area contributed by atoms with Crippen molar-refractivity contribution in [1.82, 2.24) is 0 Å². The zero-order valence-electron chi connectivity index (χ0n) is 6.42. The van der Waals surface area contributed by atoms with E-state index in [1.807, 2.05) is 10.2 Å². The second-order valence-corrected chi connectivity index (χ2v) is 2.17. The molecule has 10 heavy (non-hydrogen) atoms. The van der Waals surface area contributed by atoms with Crippen molar-refractivity contribution in [3.63, 3.8) is 0 Å². The quantitative estimate of drug-likeness (QED) is 0.609. The molecule has 1 N–H and O–H groups in total. The molecule has 0 aromatic carbocycles. The molecular formula is C6H10NNaO2. The molecule has 4 heteroatoms. The van der Waals surface area contributed by atoms with Gasteiger partial charge in [-0.05, 0) is 6.42 Å². The summed E-state index contributed by atoms with van der Waals surface area (Å²) in [4.78, 5) is 9.76. The van der Waals surface area contributed by atoms with Crippen LogP contribution in [-0.4, -0.2) is 39.0 Å². The van der Waals surface area contributed by atoms with Gasteiger partial charge < -0.3 is 5.11 Å². The van der Waals surface area contributed by atoms with Crippen molar-refractivity contribution >= 4 is 33.9 Å². The Morgan fingerprint density at radius 3 is 2.30 bits per heavy atom. The van der Waals surface area contributed by atoms with Crippen LogP contribution in [0.5, 0.6) is 0 Å². The first-order chi connectivity index (χ1) is 4.68. The van der Waals surface area contributed by atoms with Crippen LogP contribution in [-0.2, 0) is 4.79 Å². The number of hydrogen-bond acceptors (Lipinski definition) is 2. The Bertz CT molecular complexity index is 119. The molecule has 0 bridgehead atoms. The van der Waals surface area contributed by atoms with Gasteiger partial charge in [-0.25, -0.2) is 0 Å². The standard InChI is InChI=1S/C5H10O2.CN.Na/c1-2-3-4-5(6)7;1-2;/h2-4H2,1H3,(H,6,7);;. The van der Waals surface area contributed by atoms with E-state index in [1.165, 1.54) is 0 Å². The Balaban J connectivity index is 0. The first-order valence-electron chi connectivity index (χ1n) is 3.21. The third kappa shape index (κ3) is 24.6. The number of hydrogen-bond donors (Lipinski definition) is 1. The van der Waals surface area contributed by atoms with Crippen LogP contribution in [0, 0.1) is 8.58 Å². The maximum absolute atomic E-state index is 9.76. The number of carboxylic acids is 1. The minimum atomic E-state index is -0.693. The van der Waals surface area contributed by atoms with Gasteiger partial charge in [0.2, 0.25) is 0 Å². The number of carbonyl (C=O) groups is 1. The molecule has 0 radical (unpaired) electrons. The number of nitrogens with zero attached hydrogens (tertiary/aromatic N) is 1. The Hall–Kier alpha value is -0.0400. The Morgan fingerprint density at radius 1 is 1.80 bits per heavy atom. The number of carboxylic acid groups (broad SMARTS) is 1. The van der Waals surface area contributed by atoms with E-state index in [4.69, 9.17) is 10.4 Å². The molecule has 0 aromatic heterocycles. The van der Waals surface area contributed by atoms with Crippen molar-refractivity contribution in [2.24, 2.45) is 0 Å². The van der Waals surface area contributed by atoms with Crippen molar-refractivity contribution in [3.05, 3.63) is 0 Å². The molecule has 0 aromatic rings. The van der Waals surface area contributed by atoms with Crippen LogP contribution >= 0.6 is 0 Å². The summed E-state index contributed by atoms with van der Waals surface area (Å²) in [5.41, 5.74) is 0. The monoisotopic (exact) mass is 151 g/mol. The van der Waals surface area contributed by atoms with E-state index >= 15 is 0 Å². The minimum absolute atomic E-state index is 0.316. The van der Waals surface area contributed by atoms with Gasteiger partial charge in [0.25, 0.3) is 0 Å². The van der Waals surface area contributed by atoms with Crippen LogP contribution in [0.4, 0.5) is 0 Å². The van der Waals surface area contributed by atoms with E-state index in [1.54, 1.807) is 0 Å². The predicted octanol–water partition coefficient (Wildman–Crippen LogP) is 0.897. The molecule has 0 unspecified atom stereocenters. The molecule has 0 spiro atoms. The summed E-state index contributed by atoms with van der Waals surface area (Å²) in [5.74, 6) is -0.693. The number of aliphatic carboxylic acids is 1. The predicted molar refractivity (Wildman–Crippen MR) is 38.5 cm³/mol. The zero-order valence-corrected chi connectivity index (χ0v) is 8.42. The number of unbranched alkanes of at least 4 members (excludes halogenated alkanes) is 1. The molecule has 0 amide bonds. The van der Waals surface area contributed by atoms with Gasteiger partial charge >= 0.3 is 42.5 Å². The third-order valence-corrected chi connectivity index (χ3v) is 0.744. The summed E-state index contributed by atoms with van der Waals surface area (Å²) < 4.78 is 1.89. The Morgan fingerprint density at radius 2 is 2.20 bits per heavy atom. The summed E-state index contributed by atoms with van der Waals surface area (Å²) in [7, 11) is 0. The van der Waals surface area contributed by atoms with E-state index in [9.17, 15) is 4.79 Å². The average molecular weight is 151 g/mol. The summed E-state index contributed by atoms with van der Waals surface area (Å²) in [5, 5.41) is 15.4. The van der Waals surface area contributed by atoms with Gasteiger partial charge in [-0.15, -0.1) is 0 Å². The molecule has 0 fully saturated rings. The van der Waals surface area contributed by atoms with Crippen molar-refractivity contribution < 1.29 is 9.90 Å². The fourth-order valence-corrected chi connectivity index (χ4v) is 0.328. The number of rotatable bonds is 3. The molecule has 0 atom stereocenters. The Labute approximate surface area is 78.5 Å². The van der Waals surface area contributed by atoms with Crippen LogP contribution in [0.1, 0.15) is 26.2 Å². The van der Waals surface area contributed by atoms with Crippen LogP contribution in [0.15, 0.2) is 0 Å². The summed E-state index contributed by atoms with van der Waals surface area (Å²) in [6.07, 6.45) is 2.08. The molecule has 0 saturated carbocycles. The SMILES string of the molecule is CCCCC(=O)O.N#[C][Na]. The van der Waals surface area contributed by atoms with Crippen molar-refractivity contribution in [2.75, 3.05) is 0 Å². The van der Waals surface area contributed by atoms with Gasteiger partial charge in [-0.2, -0.15) is 0 Å². The van der Waals surface area contributed by atoms with Gasteiger partial charge in [0, 0.05) is 6.42 Å². The van der Waals surface area contributed by atoms with Crippen LogP contribution in [0.3, 0.4) is 0 Å². The van der Waals surface area contributed by atoms with Crippen molar-refractivity contribution in [3.8, 4) is 3.32 Å². The molecule has 0 rings (SSSR count). The van der Waals surface area contributed by atoms with E-state index in [2.05, 4.69) is 0 Å². The maximum atomic E-state index is 9.76. The second-order valence-electron chi connectivity index (χ2n) is 1.72. The fourth-order valence-electron chi connectivity index (χ4n) is 0.328. The third-order valence-electron chi connectivity index (χ3n) is 0.744. The van der Waals surface area contributed by atoms with E-state index in [0.29, 0.717) is 34.4 Å². The van der Waals surface area contributed by atoms with E-state index < -0.39 is 5.97 Å². The zero-order chi connectivity index (χ0) is 8.41. The molecule has 0 saturated heterocycles. The second kappa shape index (κ2) is 11.7. The fraction of sp³-hybridized carbons (Fsp3) is 0.667.